The molecular weight excluding hydrogens is 332 g/mol. The highest BCUT2D eigenvalue weighted by molar-refractivity contribution is 6.07. The van der Waals surface area contributed by atoms with Crippen LogP contribution in [0.3, 0.4) is 0 Å². The highest BCUT2D eigenvalue weighted by atomic mass is 35.5. The van der Waals surface area contributed by atoms with Crippen LogP contribution in [0.25, 0.3) is 0 Å². The number of hydrogen-bond donors (Lipinski definition) is 4. The zero-order chi connectivity index (χ0) is 17.4. The van der Waals surface area contributed by atoms with Crippen LogP contribution in [-0.4, -0.2) is 23.9 Å². The lowest BCUT2D eigenvalue weighted by atomic mass is 9.87. The summed E-state index contributed by atoms with van der Waals surface area (Å²) in [7, 11) is 0. The van der Waals surface area contributed by atoms with Gasteiger partial charge in [-0.2, -0.15) is 0 Å². The number of amides is 4. The van der Waals surface area contributed by atoms with E-state index in [1.807, 2.05) is 20.8 Å². The van der Waals surface area contributed by atoms with Gasteiger partial charge in [0.15, 0.2) is 0 Å². The minimum absolute atomic E-state index is 0. The predicted octanol–water partition coefficient (Wildman–Crippen LogP) is 1.47. The van der Waals surface area contributed by atoms with Crippen molar-refractivity contribution in [1.82, 2.24) is 10.6 Å². The first-order chi connectivity index (χ1) is 10.5. The van der Waals surface area contributed by atoms with Crippen molar-refractivity contribution in [3.05, 3.63) is 29.8 Å². The van der Waals surface area contributed by atoms with Crippen LogP contribution in [0.4, 0.5) is 10.5 Å². The van der Waals surface area contributed by atoms with Crippen molar-refractivity contribution in [3.63, 3.8) is 0 Å². The third-order valence-corrected chi connectivity index (χ3v) is 3.97. The molecule has 0 aromatic heterocycles. The molecule has 7 nitrogen and oxygen atoms in total. The van der Waals surface area contributed by atoms with Gasteiger partial charge in [-0.25, -0.2) is 4.79 Å². The number of anilines is 1. The van der Waals surface area contributed by atoms with Gasteiger partial charge in [-0.15, -0.1) is 12.4 Å². The Morgan fingerprint density at radius 3 is 2.42 bits per heavy atom. The lowest BCUT2D eigenvalue weighted by Crippen LogP contribution is -2.45. The first kappa shape index (κ1) is 19.9. The molecule has 2 rings (SSSR count). The average molecular weight is 355 g/mol. The molecular formula is C16H23ClN4O3. The van der Waals surface area contributed by atoms with Crippen LogP contribution in [0.1, 0.15) is 33.3 Å². The number of halogens is 1. The van der Waals surface area contributed by atoms with Gasteiger partial charge in [0.25, 0.3) is 5.91 Å². The maximum Gasteiger partial charge on any atom is 0.322 e. The van der Waals surface area contributed by atoms with E-state index in [1.165, 1.54) is 0 Å². The van der Waals surface area contributed by atoms with E-state index in [9.17, 15) is 14.4 Å². The van der Waals surface area contributed by atoms with Crippen LogP contribution in [-0.2, 0) is 15.1 Å². The van der Waals surface area contributed by atoms with E-state index < -0.39 is 23.5 Å². The van der Waals surface area contributed by atoms with Crippen molar-refractivity contribution in [2.45, 2.75) is 39.3 Å². The summed E-state index contributed by atoms with van der Waals surface area (Å²) in [6, 6.07) is 5.56. The van der Waals surface area contributed by atoms with Crippen LogP contribution in [0.2, 0.25) is 0 Å². The van der Waals surface area contributed by atoms with Gasteiger partial charge < -0.3 is 16.4 Å². The Morgan fingerprint density at radius 1 is 1.29 bits per heavy atom. The second kappa shape index (κ2) is 6.78. The fraction of sp³-hybridized carbons (Fsp3) is 0.438. The molecule has 0 bridgehead atoms. The Balaban J connectivity index is 0.00000288. The van der Waals surface area contributed by atoms with Gasteiger partial charge in [0.2, 0.25) is 5.91 Å². The van der Waals surface area contributed by atoms with Gasteiger partial charge in [-0.1, -0.05) is 32.9 Å². The van der Waals surface area contributed by atoms with E-state index in [1.54, 1.807) is 31.2 Å². The van der Waals surface area contributed by atoms with Crippen LogP contribution >= 0.6 is 12.4 Å². The Morgan fingerprint density at radius 2 is 1.92 bits per heavy atom. The van der Waals surface area contributed by atoms with Gasteiger partial charge in [0.1, 0.15) is 5.54 Å². The summed E-state index contributed by atoms with van der Waals surface area (Å²) in [5.41, 5.74) is 5.49. The van der Waals surface area contributed by atoms with Crippen molar-refractivity contribution in [3.8, 4) is 0 Å². The zero-order valence-corrected chi connectivity index (χ0v) is 14.9. The fourth-order valence-electron chi connectivity index (χ4n) is 2.27. The molecule has 5 N–H and O–H groups in total. The molecule has 1 aromatic carbocycles. The molecule has 132 valence electrons. The predicted molar refractivity (Wildman–Crippen MR) is 93.8 cm³/mol. The summed E-state index contributed by atoms with van der Waals surface area (Å²) in [4.78, 5) is 35.6. The van der Waals surface area contributed by atoms with Crippen LogP contribution < -0.4 is 21.7 Å². The third kappa shape index (κ3) is 3.85. The van der Waals surface area contributed by atoms with Crippen LogP contribution in [0, 0.1) is 5.41 Å². The van der Waals surface area contributed by atoms with E-state index in [2.05, 4.69) is 16.0 Å². The van der Waals surface area contributed by atoms with Gasteiger partial charge >= 0.3 is 6.03 Å². The maximum atomic E-state index is 12.2. The number of nitrogens with one attached hydrogen (secondary N) is 3. The summed E-state index contributed by atoms with van der Waals surface area (Å²) in [6.07, 6.45) is 0. The fourth-order valence-corrected chi connectivity index (χ4v) is 2.27. The Labute approximate surface area is 147 Å². The summed E-state index contributed by atoms with van der Waals surface area (Å²) in [5, 5.41) is 7.54. The summed E-state index contributed by atoms with van der Waals surface area (Å²) >= 11 is 0. The molecule has 24 heavy (non-hydrogen) atoms. The maximum absolute atomic E-state index is 12.2. The van der Waals surface area contributed by atoms with Gasteiger partial charge in [0.05, 0.1) is 6.04 Å². The number of benzene rings is 1. The summed E-state index contributed by atoms with van der Waals surface area (Å²) in [5.74, 6) is -0.739. The topological polar surface area (TPSA) is 113 Å². The number of hydrogen-bond acceptors (Lipinski definition) is 4. The Kier molecular flexibility index (Phi) is 5.63. The van der Waals surface area contributed by atoms with Crippen molar-refractivity contribution < 1.29 is 14.4 Å². The molecule has 1 aliphatic rings. The number of carbonyl (C=O) groups is 3. The second-order valence-corrected chi connectivity index (χ2v) is 6.95. The third-order valence-electron chi connectivity index (χ3n) is 3.97. The summed E-state index contributed by atoms with van der Waals surface area (Å²) < 4.78 is 0. The molecule has 1 fully saturated rings. The van der Waals surface area contributed by atoms with Gasteiger partial charge in [0, 0.05) is 5.69 Å². The molecule has 8 heteroatoms. The van der Waals surface area contributed by atoms with Crippen LogP contribution in [0.5, 0.6) is 0 Å². The number of rotatable bonds is 3. The molecule has 4 amide bonds. The second-order valence-electron chi connectivity index (χ2n) is 6.95. The highest BCUT2D eigenvalue weighted by Gasteiger charge is 2.43. The molecule has 0 aliphatic carbocycles. The number of carbonyl (C=O) groups excluding carboxylic acids is 3. The van der Waals surface area contributed by atoms with E-state index in [0.29, 0.717) is 11.3 Å². The Hall–Kier alpha value is -2.12. The SMILES string of the molecule is CC1(c2cccc(NC(=O)[C@@H](N)C(C)(C)C)c2)NC(=O)NC1=O.Cl. The minimum atomic E-state index is -1.16. The largest absolute Gasteiger partial charge is 0.325 e. The molecule has 0 radical (unpaired) electrons. The molecule has 1 aliphatic heterocycles. The van der Waals surface area contributed by atoms with Gasteiger partial charge in [-0.05, 0) is 30.0 Å². The first-order valence-corrected chi connectivity index (χ1v) is 7.34. The normalized spacial score (nSPS) is 21.4. The molecule has 1 heterocycles. The Bertz CT molecular complexity index is 672. The molecule has 0 spiro atoms. The van der Waals surface area contributed by atoms with Gasteiger partial charge in [-0.3, -0.25) is 14.9 Å². The molecule has 0 saturated carbocycles. The van der Waals surface area contributed by atoms with E-state index >= 15 is 0 Å². The van der Waals surface area contributed by atoms with Crippen molar-refractivity contribution in [2.24, 2.45) is 11.1 Å². The van der Waals surface area contributed by atoms with E-state index in [0.717, 1.165) is 0 Å². The van der Waals surface area contributed by atoms with E-state index in [4.69, 9.17) is 5.73 Å². The zero-order valence-electron chi connectivity index (χ0n) is 14.1. The molecule has 2 atom stereocenters. The first-order valence-electron chi connectivity index (χ1n) is 7.34. The average Bonchev–Trinajstić information content (AvgIpc) is 2.71. The highest BCUT2D eigenvalue weighted by Crippen LogP contribution is 2.27. The molecule has 1 unspecified atom stereocenters. The monoisotopic (exact) mass is 354 g/mol. The standard InChI is InChI=1S/C16H22N4O3.ClH/c1-15(2,3)11(17)12(21)18-10-7-5-6-9(8-10)16(4)13(22)19-14(23)20-16;/h5-8,11H,17H2,1-4H3,(H,18,21)(H2,19,20,22,23);1H/t11-,16?;/m1./s1. The number of nitrogens with two attached hydrogens (primary N) is 1. The quantitative estimate of drug-likeness (QED) is 0.615. The lowest BCUT2D eigenvalue weighted by molar-refractivity contribution is -0.123. The smallest absolute Gasteiger partial charge is 0.322 e. The van der Waals surface area contributed by atoms with Crippen molar-refractivity contribution >= 4 is 35.9 Å². The minimum Gasteiger partial charge on any atom is -0.325 e. The summed E-state index contributed by atoms with van der Waals surface area (Å²) in [6.45, 7) is 7.25. The molecule has 1 saturated heterocycles. The number of urea groups is 1. The van der Waals surface area contributed by atoms with Crippen molar-refractivity contribution in [1.29, 1.82) is 0 Å². The lowest BCUT2D eigenvalue weighted by Gasteiger charge is -2.26. The van der Waals surface area contributed by atoms with Crippen LogP contribution in [0.15, 0.2) is 24.3 Å². The van der Waals surface area contributed by atoms with E-state index in [-0.39, 0.29) is 23.7 Å². The number of imide groups is 1. The van der Waals surface area contributed by atoms with Crippen molar-refractivity contribution in [2.75, 3.05) is 5.32 Å². The molecule has 1 aromatic rings.